The van der Waals surface area contributed by atoms with Crippen molar-refractivity contribution in [3.63, 3.8) is 0 Å². The van der Waals surface area contributed by atoms with Crippen LogP contribution >= 0.6 is 0 Å². The molecule has 0 aromatic rings. The number of amides is 1. The number of methoxy groups -OCH3 is 1. The summed E-state index contributed by atoms with van der Waals surface area (Å²) >= 11 is 0. The molecule has 5 nitrogen and oxygen atoms in total. The Bertz CT molecular complexity index is 405. The fraction of sp³-hybridized carbons (Fsp3) is 0.733. The van der Waals surface area contributed by atoms with Crippen LogP contribution in [0.3, 0.4) is 0 Å². The van der Waals surface area contributed by atoms with Gasteiger partial charge in [-0.25, -0.2) is 0 Å². The molecule has 1 fully saturated rings. The topological polar surface area (TPSA) is 66.8 Å². The molecule has 1 N–H and O–H groups in total. The molecule has 2 aliphatic rings. The van der Waals surface area contributed by atoms with Gasteiger partial charge in [0, 0.05) is 26.1 Å². The van der Waals surface area contributed by atoms with Gasteiger partial charge in [0.05, 0.1) is 12.5 Å². The van der Waals surface area contributed by atoms with Crippen molar-refractivity contribution in [2.45, 2.75) is 57.1 Å². The van der Waals surface area contributed by atoms with Gasteiger partial charge >= 0.3 is 5.97 Å². The Morgan fingerprint density at radius 3 is 2.85 bits per heavy atom. The number of allylic oxidation sites excluding steroid dienone is 1. The molecule has 2 rings (SSSR count). The second-order valence-electron chi connectivity index (χ2n) is 5.68. The Balaban J connectivity index is 1.98. The van der Waals surface area contributed by atoms with Crippen LogP contribution in [0.1, 0.15) is 44.9 Å². The molecule has 0 aromatic carbocycles. The smallest absolute Gasteiger partial charge is 0.305 e. The minimum atomic E-state index is -0.860. The van der Waals surface area contributed by atoms with Gasteiger partial charge in [0.25, 0.3) is 0 Å². The predicted octanol–water partition coefficient (Wildman–Crippen LogP) is 1.97. The second-order valence-corrected chi connectivity index (χ2v) is 5.68. The van der Waals surface area contributed by atoms with Gasteiger partial charge in [-0.15, -0.1) is 0 Å². The van der Waals surface area contributed by atoms with E-state index in [1.54, 1.807) is 12.0 Å². The van der Waals surface area contributed by atoms with Crippen LogP contribution < -0.4 is 0 Å². The van der Waals surface area contributed by atoms with Gasteiger partial charge < -0.3 is 14.7 Å². The van der Waals surface area contributed by atoms with E-state index in [9.17, 15) is 9.59 Å². The first kappa shape index (κ1) is 15.0. The SMILES string of the molecule is CO[C@@H]1C[C@@H](CC(=O)O)N(C(=O)CC2=CCCCC2)C1. The van der Waals surface area contributed by atoms with E-state index in [0.29, 0.717) is 19.4 Å². The van der Waals surface area contributed by atoms with E-state index in [-0.39, 0.29) is 24.5 Å². The molecule has 1 saturated heterocycles. The zero-order valence-corrected chi connectivity index (χ0v) is 12.0. The van der Waals surface area contributed by atoms with Gasteiger partial charge in [0.2, 0.25) is 5.91 Å². The number of aliphatic carboxylic acids is 1. The molecule has 0 bridgehead atoms. The van der Waals surface area contributed by atoms with Crippen LogP contribution in [-0.2, 0) is 14.3 Å². The number of ether oxygens (including phenoxy) is 1. The standard InChI is InChI=1S/C15H23NO4/c1-20-13-8-12(9-15(18)19)16(10-13)14(17)7-11-5-3-2-4-6-11/h5,12-13H,2-4,6-10H2,1H3,(H,18,19)/t12-,13+/m0/s1. The Morgan fingerprint density at radius 2 is 2.25 bits per heavy atom. The second kappa shape index (κ2) is 6.88. The fourth-order valence-electron chi connectivity index (χ4n) is 3.11. The average molecular weight is 281 g/mol. The van der Waals surface area contributed by atoms with Gasteiger partial charge in [0.15, 0.2) is 0 Å². The fourth-order valence-corrected chi connectivity index (χ4v) is 3.11. The van der Waals surface area contributed by atoms with Crippen molar-refractivity contribution in [3.05, 3.63) is 11.6 Å². The first-order valence-electron chi connectivity index (χ1n) is 7.32. The van der Waals surface area contributed by atoms with Gasteiger partial charge in [-0.2, -0.15) is 0 Å². The highest BCUT2D eigenvalue weighted by Gasteiger charge is 2.36. The first-order chi connectivity index (χ1) is 9.60. The summed E-state index contributed by atoms with van der Waals surface area (Å²) in [4.78, 5) is 25.0. The van der Waals surface area contributed by atoms with E-state index >= 15 is 0 Å². The number of hydrogen-bond donors (Lipinski definition) is 1. The van der Waals surface area contributed by atoms with Crippen molar-refractivity contribution in [1.82, 2.24) is 4.90 Å². The summed E-state index contributed by atoms with van der Waals surface area (Å²) in [5, 5.41) is 8.96. The minimum absolute atomic E-state index is 0.00461. The molecule has 20 heavy (non-hydrogen) atoms. The lowest BCUT2D eigenvalue weighted by Crippen LogP contribution is -2.37. The number of hydrogen-bond acceptors (Lipinski definition) is 3. The van der Waals surface area contributed by atoms with E-state index in [1.807, 2.05) is 0 Å². The number of carboxylic acid groups (broad SMARTS) is 1. The highest BCUT2D eigenvalue weighted by atomic mass is 16.5. The summed E-state index contributed by atoms with van der Waals surface area (Å²) in [6, 6.07) is -0.228. The lowest BCUT2D eigenvalue weighted by atomic mass is 9.96. The largest absolute Gasteiger partial charge is 0.481 e. The molecule has 1 aliphatic carbocycles. The zero-order valence-electron chi connectivity index (χ0n) is 12.0. The molecule has 0 unspecified atom stereocenters. The van der Waals surface area contributed by atoms with Crippen LogP contribution in [0.2, 0.25) is 0 Å². The summed E-state index contributed by atoms with van der Waals surface area (Å²) in [5.74, 6) is -0.814. The first-order valence-corrected chi connectivity index (χ1v) is 7.32. The zero-order chi connectivity index (χ0) is 14.5. The summed E-state index contributed by atoms with van der Waals surface area (Å²) < 4.78 is 5.29. The number of carboxylic acids is 1. The van der Waals surface area contributed by atoms with E-state index in [1.165, 1.54) is 12.0 Å². The highest BCUT2D eigenvalue weighted by molar-refractivity contribution is 5.80. The van der Waals surface area contributed by atoms with E-state index in [4.69, 9.17) is 9.84 Å². The monoisotopic (exact) mass is 281 g/mol. The molecule has 0 aromatic heterocycles. The van der Waals surface area contributed by atoms with Gasteiger partial charge in [-0.3, -0.25) is 9.59 Å². The minimum Gasteiger partial charge on any atom is -0.481 e. The molecule has 1 heterocycles. The molecule has 2 atom stereocenters. The Kier molecular flexibility index (Phi) is 5.17. The third kappa shape index (κ3) is 3.82. The summed E-state index contributed by atoms with van der Waals surface area (Å²) in [5.41, 5.74) is 1.20. The maximum atomic E-state index is 12.4. The lowest BCUT2D eigenvalue weighted by Gasteiger charge is -2.24. The number of carbonyl (C=O) groups is 2. The third-order valence-electron chi connectivity index (χ3n) is 4.20. The van der Waals surface area contributed by atoms with E-state index in [2.05, 4.69) is 6.08 Å². The number of nitrogens with zero attached hydrogens (tertiary/aromatic N) is 1. The number of carbonyl (C=O) groups excluding carboxylic acids is 1. The maximum Gasteiger partial charge on any atom is 0.305 e. The molecular weight excluding hydrogens is 258 g/mol. The molecular formula is C15H23NO4. The van der Waals surface area contributed by atoms with Crippen LogP contribution in [-0.4, -0.2) is 47.7 Å². The van der Waals surface area contributed by atoms with Crippen LogP contribution in [0.25, 0.3) is 0 Å². The third-order valence-corrected chi connectivity index (χ3v) is 4.20. The number of rotatable bonds is 5. The molecule has 112 valence electrons. The summed E-state index contributed by atoms with van der Waals surface area (Å²) in [7, 11) is 1.61. The van der Waals surface area contributed by atoms with Crippen molar-refractivity contribution < 1.29 is 19.4 Å². The van der Waals surface area contributed by atoms with Crippen LogP contribution in [0.15, 0.2) is 11.6 Å². The van der Waals surface area contributed by atoms with E-state index < -0.39 is 5.97 Å². The highest BCUT2D eigenvalue weighted by Crippen LogP contribution is 2.26. The summed E-state index contributed by atoms with van der Waals surface area (Å²) in [6.45, 7) is 0.514. The van der Waals surface area contributed by atoms with Crippen molar-refractivity contribution in [2.24, 2.45) is 0 Å². The number of likely N-dealkylation sites (tertiary alicyclic amines) is 1. The van der Waals surface area contributed by atoms with Crippen molar-refractivity contribution >= 4 is 11.9 Å². The average Bonchev–Trinajstić information content (AvgIpc) is 2.82. The van der Waals surface area contributed by atoms with Crippen molar-refractivity contribution in [2.75, 3.05) is 13.7 Å². The lowest BCUT2D eigenvalue weighted by molar-refractivity contribution is -0.139. The maximum absolute atomic E-state index is 12.4. The van der Waals surface area contributed by atoms with Crippen LogP contribution in [0.5, 0.6) is 0 Å². The molecule has 1 amide bonds. The molecule has 1 aliphatic heterocycles. The molecule has 0 radical (unpaired) electrons. The van der Waals surface area contributed by atoms with Crippen molar-refractivity contribution in [1.29, 1.82) is 0 Å². The Morgan fingerprint density at radius 1 is 1.45 bits per heavy atom. The van der Waals surface area contributed by atoms with Gasteiger partial charge in [0.1, 0.15) is 0 Å². The van der Waals surface area contributed by atoms with Gasteiger partial charge in [-0.05, 0) is 32.1 Å². The molecule has 5 heteroatoms. The molecule has 0 saturated carbocycles. The van der Waals surface area contributed by atoms with Crippen molar-refractivity contribution in [3.8, 4) is 0 Å². The van der Waals surface area contributed by atoms with E-state index in [0.717, 1.165) is 19.3 Å². The Hall–Kier alpha value is -1.36. The molecule has 0 spiro atoms. The quantitative estimate of drug-likeness (QED) is 0.782. The van der Waals surface area contributed by atoms with Gasteiger partial charge in [-0.1, -0.05) is 11.6 Å². The predicted molar refractivity (Wildman–Crippen MR) is 74.3 cm³/mol. The van der Waals surface area contributed by atoms with Crippen LogP contribution in [0.4, 0.5) is 0 Å². The van der Waals surface area contributed by atoms with Crippen LogP contribution in [0, 0.1) is 0 Å². The summed E-state index contributed by atoms with van der Waals surface area (Å²) in [6.07, 6.45) is 7.59. The Labute approximate surface area is 119 Å². The normalized spacial score (nSPS) is 26.4.